The topological polar surface area (TPSA) is 52.7 Å². The highest BCUT2D eigenvalue weighted by Crippen LogP contribution is 2.20. The highest BCUT2D eigenvalue weighted by molar-refractivity contribution is 5.95. The Morgan fingerprint density at radius 1 is 1.11 bits per heavy atom. The Bertz CT molecular complexity index is 363. The van der Waals surface area contributed by atoms with Gasteiger partial charge >= 0.3 is 0 Å². The maximum absolute atomic E-state index is 12.5. The van der Waals surface area contributed by atoms with E-state index in [0.29, 0.717) is 12.1 Å². The third kappa shape index (κ3) is 3.56. The van der Waals surface area contributed by atoms with Crippen LogP contribution < -0.4 is 5.32 Å². The Morgan fingerprint density at radius 2 is 1.74 bits per heavy atom. The van der Waals surface area contributed by atoms with E-state index in [1.807, 2.05) is 4.90 Å². The third-order valence-electron chi connectivity index (χ3n) is 4.00. The normalized spacial score (nSPS) is 21.1. The average molecular weight is 265 g/mol. The lowest BCUT2D eigenvalue weighted by Gasteiger charge is -2.30. The first-order chi connectivity index (χ1) is 9.22. The van der Waals surface area contributed by atoms with Gasteiger partial charge in [0.25, 0.3) is 5.91 Å². The van der Waals surface area contributed by atoms with E-state index >= 15 is 0 Å². The van der Waals surface area contributed by atoms with Crippen molar-refractivity contribution in [2.24, 2.45) is 0 Å². The molecule has 0 aliphatic carbocycles. The van der Waals surface area contributed by atoms with Gasteiger partial charge in [0.2, 0.25) is 6.41 Å². The molecule has 2 saturated heterocycles. The number of likely N-dealkylation sites (tertiary alicyclic amines) is 2. The van der Waals surface area contributed by atoms with Crippen LogP contribution in [-0.4, -0.2) is 55.3 Å². The largest absolute Gasteiger partial charge is 0.337 e. The van der Waals surface area contributed by atoms with Crippen LogP contribution in [0.3, 0.4) is 0 Å². The monoisotopic (exact) mass is 265 g/mol. The molecule has 1 N–H and O–H groups in total. The molecule has 0 unspecified atom stereocenters. The molecule has 0 radical (unpaired) electrons. The first-order valence-electron chi connectivity index (χ1n) is 7.12. The zero-order valence-electron chi connectivity index (χ0n) is 11.7. The summed E-state index contributed by atoms with van der Waals surface area (Å²) in [5, 5.41) is 2.65. The molecule has 2 aliphatic heterocycles. The molecule has 0 aromatic heterocycles. The summed E-state index contributed by atoms with van der Waals surface area (Å²) in [5.74, 6) is 0.00588. The van der Waals surface area contributed by atoms with Gasteiger partial charge in [-0.25, -0.2) is 0 Å². The molecule has 2 rings (SSSR count). The molecule has 0 atom stereocenters. The van der Waals surface area contributed by atoms with Crippen molar-refractivity contribution in [3.05, 3.63) is 11.3 Å². The van der Waals surface area contributed by atoms with Crippen molar-refractivity contribution in [3.63, 3.8) is 0 Å². The van der Waals surface area contributed by atoms with E-state index in [9.17, 15) is 9.59 Å². The molecule has 0 saturated carbocycles. The highest BCUT2D eigenvalue weighted by atomic mass is 16.2. The Labute approximate surface area is 114 Å². The molecule has 0 spiro atoms. The summed E-state index contributed by atoms with van der Waals surface area (Å²) in [6.07, 6.45) is 5.69. The maximum atomic E-state index is 12.5. The van der Waals surface area contributed by atoms with Crippen molar-refractivity contribution in [2.45, 2.75) is 32.1 Å². The van der Waals surface area contributed by atoms with Gasteiger partial charge in [-0.05, 0) is 44.7 Å². The summed E-state index contributed by atoms with van der Waals surface area (Å²) >= 11 is 0. The zero-order valence-corrected chi connectivity index (χ0v) is 11.7. The quantitative estimate of drug-likeness (QED) is 0.604. The van der Waals surface area contributed by atoms with Gasteiger partial charge in [0.05, 0.1) is 0 Å². The predicted octanol–water partition coefficient (Wildman–Crippen LogP) is 0.725. The number of rotatable bonds is 3. The van der Waals surface area contributed by atoms with Crippen LogP contribution in [0.15, 0.2) is 11.3 Å². The molecule has 5 heteroatoms. The maximum Gasteiger partial charge on any atom is 0.270 e. The van der Waals surface area contributed by atoms with Crippen LogP contribution >= 0.6 is 0 Å². The van der Waals surface area contributed by atoms with Gasteiger partial charge in [-0.2, -0.15) is 0 Å². The third-order valence-corrected chi connectivity index (χ3v) is 4.00. The predicted molar refractivity (Wildman–Crippen MR) is 73.4 cm³/mol. The van der Waals surface area contributed by atoms with Crippen molar-refractivity contribution in [1.82, 2.24) is 15.1 Å². The molecule has 0 aromatic carbocycles. The standard InChI is InChI=1S/C14H23N3O2/c1-16-9-5-12(6-10-16)13(15-11-18)14(19)17-7-3-2-4-8-17/h11H,2-10H2,1H3,(H,15,18). The lowest BCUT2D eigenvalue weighted by molar-refractivity contribution is -0.129. The Balaban J connectivity index is 2.11. The number of nitrogens with one attached hydrogen (secondary N) is 1. The number of nitrogens with zero attached hydrogens (tertiary/aromatic N) is 2. The molecule has 19 heavy (non-hydrogen) atoms. The van der Waals surface area contributed by atoms with E-state index in [2.05, 4.69) is 17.3 Å². The Hall–Kier alpha value is -1.36. The molecular formula is C14H23N3O2. The van der Waals surface area contributed by atoms with E-state index < -0.39 is 0 Å². The van der Waals surface area contributed by atoms with Crippen LogP contribution in [0.1, 0.15) is 32.1 Å². The van der Waals surface area contributed by atoms with Gasteiger partial charge < -0.3 is 15.1 Å². The molecule has 2 aliphatic rings. The van der Waals surface area contributed by atoms with Crippen LogP contribution in [0.2, 0.25) is 0 Å². The van der Waals surface area contributed by atoms with E-state index in [1.165, 1.54) is 6.42 Å². The summed E-state index contributed by atoms with van der Waals surface area (Å²) in [6.45, 7) is 3.53. The second kappa shape index (κ2) is 6.70. The fourth-order valence-corrected chi connectivity index (χ4v) is 2.77. The lowest BCUT2D eigenvalue weighted by Crippen LogP contribution is -2.41. The van der Waals surface area contributed by atoms with Crippen molar-refractivity contribution < 1.29 is 9.59 Å². The second-order valence-corrected chi connectivity index (χ2v) is 5.40. The van der Waals surface area contributed by atoms with Crippen LogP contribution in [0, 0.1) is 0 Å². The molecule has 2 heterocycles. The molecule has 2 amide bonds. The van der Waals surface area contributed by atoms with E-state index in [4.69, 9.17) is 0 Å². The van der Waals surface area contributed by atoms with E-state index in [-0.39, 0.29) is 5.91 Å². The summed E-state index contributed by atoms with van der Waals surface area (Å²) in [6, 6.07) is 0. The fraction of sp³-hybridized carbons (Fsp3) is 0.714. The minimum Gasteiger partial charge on any atom is -0.337 e. The summed E-state index contributed by atoms with van der Waals surface area (Å²) in [5.41, 5.74) is 1.63. The number of hydrogen-bond donors (Lipinski definition) is 1. The molecule has 0 bridgehead atoms. The SMILES string of the molecule is CN1CCC(=C(NC=O)C(=O)N2CCCCC2)CC1. The number of hydrogen-bond acceptors (Lipinski definition) is 3. The zero-order chi connectivity index (χ0) is 13.7. The van der Waals surface area contributed by atoms with Gasteiger partial charge in [-0.1, -0.05) is 0 Å². The molecule has 5 nitrogen and oxygen atoms in total. The second-order valence-electron chi connectivity index (χ2n) is 5.40. The summed E-state index contributed by atoms with van der Waals surface area (Å²) in [7, 11) is 2.08. The Kier molecular flexibility index (Phi) is 4.96. The van der Waals surface area contributed by atoms with Crippen molar-refractivity contribution in [3.8, 4) is 0 Å². The minimum absolute atomic E-state index is 0.00588. The van der Waals surface area contributed by atoms with Gasteiger partial charge in [-0.3, -0.25) is 9.59 Å². The van der Waals surface area contributed by atoms with Crippen LogP contribution in [-0.2, 0) is 9.59 Å². The average Bonchev–Trinajstić information content (AvgIpc) is 2.46. The Morgan fingerprint density at radius 3 is 2.32 bits per heavy atom. The van der Waals surface area contributed by atoms with Crippen molar-refractivity contribution in [2.75, 3.05) is 33.2 Å². The van der Waals surface area contributed by atoms with E-state index in [0.717, 1.165) is 57.4 Å². The van der Waals surface area contributed by atoms with Gasteiger partial charge in [-0.15, -0.1) is 0 Å². The van der Waals surface area contributed by atoms with Crippen LogP contribution in [0.4, 0.5) is 0 Å². The molecular weight excluding hydrogens is 242 g/mol. The molecule has 106 valence electrons. The summed E-state index contributed by atoms with van der Waals surface area (Å²) < 4.78 is 0. The number of amides is 2. The minimum atomic E-state index is 0.00588. The van der Waals surface area contributed by atoms with Gasteiger partial charge in [0, 0.05) is 26.2 Å². The molecule has 2 fully saturated rings. The highest BCUT2D eigenvalue weighted by Gasteiger charge is 2.24. The van der Waals surface area contributed by atoms with E-state index in [1.54, 1.807) is 0 Å². The lowest BCUT2D eigenvalue weighted by atomic mass is 10.0. The first kappa shape index (κ1) is 14.1. The first-order valence-corrected chi connectivity index (χ1v) is 7.12. The summed E-state index contributed by atoms with van der Waals surface area (Å²) in [4.78, 5) is 27.4. The number of piperidine rings is 2. The van der Waals surface area contributed by atoms with Crippen molar-refractivity contribution in [1.29, 1.82) is 0 Å². The van der Waals surface area contributed by atoms with Gasteiger partial charge in [0.15, 0.2) is 0 Å². The van der Waals surface area contributed by atoms with Crippen LogP contribution in [0.5, 0.6) is 0 Å². The van der Waals surface area contributed by atoms with Crippen LogP contribution in [0.25, 0.3) is 0 Å². The van der Waals surface area contributed by atoms with Gasteiger partial charge in [0.1, 0.15) is 5.70 Å². The fourth-order valence-electron chi connectivity index (χ4n) is 2.77. The number of carbonyl (C=O) groups excluding carboxylic acids is 2. The smallest absolute Gasteiger partial charge is 0.270 e. The number of carbonyl (C=O) groups is 2. The van der Waals surface area contributed by atoms with Crippen molar-refractivity contribution >= 4 is 12.3 Å². The molecule has 0 aromatic rings.